The van der Waals surface area contributed by atoms with Gasteiger partial charge in [-0.2, -0.15) is 5.10 Å². The topological polar surface area (TPSA) is 77.1 Å². The first-order valence-corrected chi connectivity index (χ1v) is 4.18. The van der Waals surface area contributed by atoms with Crippen LogP contribution in [-0.4, -0.2) is 17.3 Å². The fourth-order valence-electron chi connectivity index (χ4n) is 1.21. The van der Waals surface area contributed by atoms with E-state index in [0.29, 0.717) is 18.2 Å². The minimum absolute atomic E-state index is 0.449. The molecule has 74 valence electrons. The third-order valence-corrected chi connectivity index (χ3v) is 1.81. The van der Waals surface area contributed by atoms with Gasteiger partial charge < -0.3 is 14.9 Å². The highest BCUT2D eigenvalue weighted by Gasteiger charge is 2.06. The molecule has 2 aromatic rings. The van der Waals surface area contributed by atoms with Gasteiger partial charge in [0.1, 0.15) is 23.9 Å². The number of hydrogen-bond donors (Lipinski definition) is 2. The normalized spacial score (nSPS) is 10.6. The van der Waals surface area contributed by atoms with Gasteiger partial charge in [0.2, 0.25) is 0 Å². The number of ether oxygens (including phenoxy) is 1. The Morgan fingerprint density at radius 3 is 3.07 bits per heavy atom. The van der Waals surface area contributed by atoms with Gasteiger partial charge in [0, 0.05) is 13.2 Å². The number of hydrogen-bond acceptors (Lipinski definition) is 4. The summed E-state index contributed by atoms with van der Waals surface area (Å²) in [6.45, 7) is 0.462. The molecule has 0 spiro atoms. The monoisotopic (exact) mass is 193 g/mol. The summed E-state index contributed by atoms with van der Waals surface area (Å²) in [5, 5.41) is 6.58. The summed E-state index contributed by atoms with van der Waals surface area (Å²) in [6, 6.07) is 5.42. The van der Waals surface area contributed by atoms with Crippen LogP contribution in [0.4, 0.5) is 5.82 Å². The van der Waals surface area contributed by atoms with Crippen molar-refractivity contribution in [1.82, 2.24) is 10.2 Å². The van der Waals surface area contributed by atoms with Crippen LogP contribution in [0.5, 0.6) is 0 Å². The molecule has 5 heteroatoms. The number of rotatable bonds is 3. The average Bonchev–Trinajstić information content (AvgIpc) is 2.74. The van der Waals surface area contributed by atoms with E-state index in [1.54, 1.807) is 13.2 Å². The highest BCUT2D eigenvalue weighted by molar-refractivity contribution is 5.56. The van der Waals surface area contributed by atoms with Crippen molar-refractivity contribution in [3.05, 3.63) is 24.0 Å². The van der Waals surface area contributed by atoms with Crippen molar-refractivity contribution in [1.29, 1.82) is 0 Å². The molecule has 0 aliphatic heterocycles. The lowest BCUT2D eigenvalue weighted by atomic mass is 10.3. The quantitative estimate of drug-likeness (QED) is 0.772. The van der Waals surface area contributed by atoms with Gasteiger partial charge in [-0.05, 0) is 12.1 Å². The van der Waals surface area contributed by atoms with Crippen molar-refractivity contribution in [2.75, 3.05) is 12.8 Å². The van der Waals surface area contributed by atoms with Crippen LogP contribution < -0.4 is 5.73 Å². The second-order valence-corrected chi connectivity index (χ2v) is 2.91. The zero-order valence-corrected chi connectivity index (χ0v) is 7.78. The van der Waals surface area contributed by atoms with Gasteiger partial charge in [-0.15, -0.1) is 0 Å². The maximum Gasteiger partial charge on any atom is 0.152 e. The second-order valence-electron chi connectivity index (χ2n) is 2.91. The minimum atomic E-state index is 0.449. The number of nitrogens with zero attached hydrogens (tertiary/aromatic N) is 1. The number of aromatic nitrogens is 2. The van der Waals surface area contributed by atoms with Crippen LogP contribution in [0.1, 0.15) is 5.76 Å². The van der Waals surface area contributed by atoms with Crippen molar-refractivity contribution in [2.45, 2.75) is 6.61 Å². The number of H-pyrrole nitrogens is 1. The summed E-state index contributed by atoms with van der Waals surface area (Å²) in [7, 11) is 1.62. The number of nitrogens with two attached hydrogens (primary N) is 1. The Morgan fingerprint density at radius 1 is 1.57 bits per heavy atom. The molecule has 2 aromatic heterocycles. The summed E-state index contributed by atoms with van der Waals surface area (Å²) < 4.78 is 10.4. The van der Waals surface area contributed by atoms with Crippen LogP contribution in [0.15, 0.2) is 22.6 Å². The molecule has 0 radical (unpaired) electrons. The molecule has 0 saturated heterocycles. The van der Waals surface area contributed by atoms with Crippen LogP contribution in [0.3, 0.4) is 0 Å². The Balaban J connectivity index is 2.24. The van der Waals surface area contributed by atoms with E-state index in [9.17, 15) is 0 Å². The minimum Gasteiger partial charge on any atom is -0.457 e. The Bertz CT molecular complexity index is 419. The van der Waals surface area contributed by atoms with E-state index in [-0.39, 0.29) is 0 Å². The Labute approximate surface area is 80.9 Å². The van der Waals surface area contributed by atoms with Crippen LogP contribution in [-0.2, 0) is 11.3 Å². The van der Waals surface area contributed by atoms with E-state index < -0.39 is 0 Å². The first-order valence-electron chi connectivity index (χ1n) is 4.18. The lowest BCUT2D eigenvalue weighted by molar-refractivity contribution is 0.165. The molecule has 2 rings (SSSR count). The molecular weight excluding hydrogens is 182 g/mol. The molecule has 0 fully saturated rings. The Hall–Kier alpha value is -1.75. The average molecular weight is 193 g/mol. The Kier molecular flexibility index (Phi) is 2.24. The SMILES string of the molecule is COCc1ccc(-c2cc(N)n[nH]2)o1. The molecule has 3 N–H and O–H groups in total. The maximum atomic E-state index is 5.47. The number of nitrogens with one attached hydrogen (secondary N) is 1. The molecule has 0 aromatic carbocycles. The molecule has 0 bridgehead atoms. The highest BCUT2D eigenvalue weighted by Crippen LogP contribution is 2.21. The zero-order valence-electron chi connectivity index (χ0n) is 7.78. The molecule has 0 atom stereocenters. The largest absolute Gasteiger partial charge is 0.457 e. The smallest absolute Gasteiger partial charge is 0.152 e. The fraction of sp³-hybridized carbons (Fsp3) is 0.222. The number of furan rings is 1. The molecular formula is C9H11N3O2. The first-order chi connectivity index (χ1) is 6.79. The maximum absolute atomic E-state index is 5.47. The predicted octanol–water partition coefficient (Wildman–Crippen LogP) is 1.40. The highest BCUT2D eigenvalue weighted by atomic mass is 16.5. The van der Waals surface area contributed by atoms with Crippen LogP contribution in [0.25, 0.3) is 11.5 Å². The zero-order chi connectivity index (χ0) is 9.97. The van der Waals surface area contributed by atoms with Gasteiger partial charge in [0.05, 0.1) is 0 Å². The Morgan fingerprint density at radius 2 is 2.43 bits per heavy atom. The van der Waals surface area contributed by atoms with E-state index in [1.807, 2.05) is 12.1 Å². The lowest BCUT2D eigenvalue weighted by Crippen LogP contribution is -1.81. The molecule has 0 aliphatic rings. The van der Waals surface area contributed by atoms with E-state index in [1.165, 1.54) is 0 Å². The van der Waals surface area contributed by atoms with Crippen LogP contribution in [0.2, 0.25) is 0 Å². The standard InChI is InChI=1S/C9H11N3O2/c1-13-5-6-2-3-8(14-6)7-4-9(10)12-11-7/h2-4H,5H2,1H3,(H3,10,11,12). The van der Waals surface area contributed by atoms with E-state index in [4.69, 9.17) is 14.9 Å². The lowest BCUT2D eigenvalue weighted by Gasteiger charge is -1.92. The number of nitrogen functional groups attached to an aromatic ring is 1. The third-order valence-electron chi connectivity index (χ3n) is 1.81. The fourth-order valence-corrected chi connectivity index (χ4v) is 1.21. The summed E-state index contributed by atoms with van der Waals surface area (Å²) in [4.78, 5) is 0. The molecule has 2 heterocycles. The van der Waals surface area contributed by atoms with Crippen LogP contribution in [0, 0.1) is 0 Å². The molecule has 0 aliphatic carbocycles. The van der Waals surface area contributed by atoms with Crippen molar-refractivity contribution in [3.63, 3.8) is 0 Å². The predicted molar refractivity (Wildman–Crippen MR) is 51.4 cm³/mol. The number of anilines is 1. The van der Waals surface area contributed by atoms with Crippen molar-refractivity contribution >= 4 is 5.82 Å². The van der Waals surface area contributed by atoms with Gasteiger partial charge in [0.25, 0.3) is 0 Å². The number of aromatic amines is 1. The van der Waals surface area contributed by atoms with Gasteiger partial charge in [0.15, 0.2) is 5.76 Å². The van der Waals surface area contributed by atoms with E-state index in [0.717, 1.165) is 11.5 Å². The van der Waals surface area contributed by atoms with E-state index in [2.05, 4.69) is 10.2 Å². The van der Waals surface area contributed by atoms with Gasteiger partial charge in [-0.3, -0.25) is 5.10 Å². The van der Waals surface area contributed by atoms with Crippen molar-refractivity contribution < 1.29 is 9.15 Å². The van der Waals surface area contributed by atoms with Crippen LogP contribution >= 0.6 is 0 Å². The number of methoxy groups -OCH3 is 1. The summed E-state index contributed by atoms with van der Waals surface area (Å²) >= 11 is 0. The summed E-state index contributed by atoms with van der Waals surface area (Å²) in [5.74, 6) is 1.93. The van der Waals surface area contributed by atoms with Crippen molar-refractivity contribution in [2.24, 2.45) is 0 Å². The molecule has 0 amide bonds. The van der Waals surface area contributed by atoms with Crippen molar-refractivity contribution in [3.8, 4) is 11.5 Å². The van der Waals surface area contributed by atoms with Gasteiger partial charge >= 0.3 is 0 Å². The third kappa shape index (κ3) is 1.62. The molecule has 0 unspecified atom stereocenters. The summed E-state index contributed by atoms with van der Waals surface area (Å²) in [6.07, 6.45) is 0. The van der Waals surface area contributed by atoms with Gasteiger partial charge in [-0.1, -0.05) is 0 Å². The molecule has 5 nitrogen and oxygen atoms in total. The second kappa shape index (κ2) is 3.55. The molecule has 14 heavy (non-hydrogen) atoms. The summed E-state index contributed by atoms with van der Waals surface area (Å²) in [5.41, 5.74) is 6.24. The molecule has 0 saturated carbocycles. The van der Waals surface area contributed by atoms with E-state index >= 15 is 0 Å². The van der Waals surface area contributed by atoms with Gasteiger partial charge in [-0.25, -0.2) is 0 Å². The first kappa shape index (κ1) is 8.83.